The van der Waals surface area contributed by atoms with Gasteiger partial charge in [-0.1, -0.05) is 30.3 Å². The van der Waals surface area contributed by atoms with Gasteiger partial charge in [0.05, 0.1) is 22.8 Å². The predicted molar refractivity (Wildman–Crippen MR) is 146 cm³/mol. The molecule has 1 fully saturated rings. The fourth-order valence-corrected chi connectivity index (χ4v) is 5.46. The van der Waals surface area contributed by atoms with E-state index in [1.54, 1.807) is 25.3 Å². The number of hydrogen-bond donors (Lipinski definition) is 1. The Morgan fingerprint density at radius 3 is 2.64 bits per heavy atom. The van der Waals surface area contributed by atoms with Crippen molar-refractivity contribution < 1.29 is 23.5 Å². The van der Waals surface area contributed by atoms with Crippen LogP contribution in [0.25, 0.3) is 16.5 Å². The molecule has 2 aromatic heterocycles. The van der Waals surface area contributed by atoms with Crippen molar-refractivity contribution in [2.75, 3.05) is 19.7 Å². The number of nitrogens with one attached hydrogen (secondary N) is 1. The zero-order valence-electron chi connectivity index (χ0n) is 21.6. The topological polar surface area (TPSA) is 102 Å². The third-order valence-electron chi connectivity index (χ3n) is 7.53. The van der Waals surface area contributed by atoms with Crippen LogP contribution in [0.1, 0.15) is 40.1 Å². The number of piperidine rings is 1. The summed E-state index contributed by atoms with van der Waals surface area (Å²) >= 11 is 0. The summed E-state index contributed by atoms with van der Waals surface area (Å²) in [5.41, 5.74) is 2.87. The Morgan fingerprint density at radius 2 is 1.87 bits per heavy atom. The Bertz CT molecular complexity index is 1640. The van der Waals surface area contributed by atoms with Crippen molar-refractivity contribution in [3.63, 3.8) is 0 Å². The number of carbonyl (C=O) groups is 2. The van der Waals surface area contributed by atoms with Crippen LogP contribution < -0.4 is 14.9 Å². The summed E-state index contributed by atoms with van der Waals surface area (Å²) in [7, 11) is 0. The highest BCUT2D eigenvalue weighted by molar-refractivity contribution is 6.22. The number of rotatable bonds is 5. The molecular formula is C31H28N2O6. The maximum Gasteiger partial charge on any atom is 0.344 e. The van der Waals surface area contributed by atoms with Gasteiger partial charge in [-0.15, -0.1) is 0 Å². The minimum absolute atomic E-state index is 0.0695. The SMILES string of the molecule is Cc1occc(=O)c1OC(=O)C1=CCOc2c(C(=O)N3CCC(Cc4ccccc4)CC3)ccc3[nH]cc1c23. The summed E-state index contributed by atoms with van der Waals surface area (Å²) in [6.07, 6.45) is 7.46. The van der Waals surface area contributed by atoms with E-state index in [-0.39, 0.29) is 29.6 Å². The second-order valence-electron chi connectivity index (χ2n) is 9.98. The summed E-state index contributed by atoms with van der Waals surface area (Å²) in [6.45, 7) is 2.99. The Kier molecular flexibility index (Phi) is 6.52. The number of aromatic amines is 1. The van der Waals surface area contributed by atoms with Gasteiger partial charge >= 0.3 is 5.97 Å². The molecular weight excluding hydrogens is 496 g/mol. The molecule has 2 aliphatic rings. The molecule has 0 saturated carbocycles. The zero-order chi connectivity index (χ0) is 26.9. The van der Waals surface area contributed by atoms with Crippen molar-refractivity contribution in [1.29, 1.82) is 0 Å². The maximum atomic E-state index is 13.7. The number of amides is 1. The first-order valence-electron chi connectivity index (χ1n) is 13.1. The normalized spacial score (nSPS) is 15.4. The van der Waals surface area contributed by atoms with E-state index in [0.717, 1.165) is 24.8 Å². The van der Waals surface area contributed by atoms with Crippen LogP contribution in [-0.2, 0) is 11.2 Å². The second-order valence-corrected chi connectivity index (χ2v) is 9.98. The van der Waals surface area contributed by atoms with Gasteiger partial charge in [-0.3, -0.25) is 9.59 Å². The minimum atomic E-state index is -0.703. The number of hydrogen-bond acceptors (Lipinski definition) is 6. The van der Waals surface area contributed by atoms with E-state index in [4.69, 9.17) is 13.9 Å². The van der Waals surface area contributed by atoms with E-state index in [1.807, 2.05) is 17.0 Å². The maximum absolute atomic E-state index is 13.7. The molecule has 8 nitrogen and oxygen atoms in total. The van der Waals surface area contributed by atoms with Crippen molar-refractivity contribution in [2.24, 2.45) is 5.92 Å². The standard InChI is InChI=1S/C31H28N2O6/c1-19-28(26(34)12-16-37-19)39-31(36)22-11-15-38-29-23(7-8-25-27(29)24(22)18-32-25)30(35)33-13-9-21(10-14-33)17-20-5-3-2-4-6-20/h2-8,11-12,16,18,21,32H,9-10,13-15,17H2,1H3. The first-order valence-corrected chi connectivity index (χ1v) is 13.1. The first-order chi connectivity index (χ1) is 19.0. The van der Waals surface area contributed by atoms with E-state index < -0.39 is 11.4 Å². The van der Waals surface area contributed by atoms with Gasteiger partial charge in [-0.2, -0.15) is 0 Å². The highest BCUT2D eigenvalue weighted by atomic mass is 16.5. The highest BCUT2D eigenvalue weighted by Gasteiger charge is 2.30. The average Bonchev–Trinajstić information content (AvgIpc) is 3.27. The molecule has 0 radical (unpaired) electrons. The molecule has 2 aromatic carbocycles. The number of aryl methyl sites for hydroxylation is 1. The summed E-state index contributed by atoms with van der Waals surface area (Å²) in [5.74, 6) is 0.254. The van der Waals surface area contributed by atoms with Gasteiger partial charge in [0.15, 0.2) is 0 Å². The molecule has 0 bridgehead atoms. The number of carbonyl (C=O) groups excluding carboxylic acids is 2. The second kappa shape index (κ2) is 10.3. The lowest BCUT2D eigenvalue weighted by Gasteiger charge is -2.32. The van der Waals surface area contributed by atoms with Gasteiger partial charge < -0.3 is 23.8 Å². The molecule has 0 unspecified atom stereocenters. The minimum Gasteiger partial charge on any atom is -0.488 e. The van der Waals surface area contributed by atoms with Gasteiger partial charge in [-0.05, 0) is 55.9 Å². The summed E-state index contributed by atoms with van der Waals surface area (Å²) in [4.78, 5) is 44.1. The van der Waals surface area contributed by atoms with Gasteiger partial charge in [0.2, 0.25) is 11.2 Å². The van der Waals surface area contributed by atoms with Crippen LogP contribution in [-0.4, -0.2) is 41.5 Å². The molecule has 6 rings (SSSR count). The first kappa shape index (κ1) is 24.7. The summed E-state index contributed by atoms with van der Waals surface area (Å²) in [5, 5.41) is 0.636. The van der Waals surface area contributed by atoms with Crippen molar-refractivity contribution in [2.45, 2.75) is 26.2 Å². The lowest BCUT2D eigenvalue weighted by atomic mass is 9.90. The Hall–Kier alpha value is -4.59. The zero-order valence-corrected chi connectivity index (χ0v) is 21.6. The molecule has 0 atom stereocenters. The van der Waals surface area contributed by atoms with Crippen LogP contribution in [0, 0.1) is 12.8 Å². The molecule has 1 amide bonds. The van der Waals surface area contributed by atoms with E-state index in [9.17, 15) is 14.4 Å². The van der Waals surface area contributed by atoms with Gasteiger partial charge in [0, 0.05) is 36.4 Å². The van der Waals surface area contributed by atoms with E-state index in [0.29, 0.717) is 41.3 Å². The molecule has 4 aromatic rings. The average molecular weight is 525 g/mol. The number of benzene rings is 2. The number of ether oxygens (including phenoxy) is 2. The van der Waals surface area contributed by atoms with Crippen LogP contribution in [0.15, 0.2) is 76.3 Å². The lowest BCUT2D eigenvalue weighted by Crippen LogP contribution is -2.39. The van der Waals surface area contributed by atoms with Crippen LogP contribution in [0.5, 0.6) is 11.5 Å². The molecule has 39 heavy (non-hydrogen) atoms. The number of esters is 1. The highest BCUT2D eigenvalue weighted by Crippen LogP contribution is 2.39. The van der Waals surface area contributed by atoms with Crippen LogP contribution in [0.2, 0.25) is 0 Å². The number of nitrogens with zero attached hydrogens (tertiary/aromatic N) is 1. The monoisotopic (exact) mass is 524 g/mol. The largest absolute Gasteiger partial charge is 0.488 e. The van der Waals surface area contributed by atoms with Crippen LogP contribution in [0.3, 0.4) is 0 Å². The van der Waals surface area contributed by atoms with Crippen molar-refractivity contribution >= 4 is 28.4 Å². The number of likely N-dealkylation sites (tertiary alicyclic amines) is 1. The summed E-state index contributed by atoms with van der Waals surface area (Å²) in [6, 6.07) is 15.3. The Labute approximate surface area is 224 Å². The number of H-pyrrole nitrogens is 1. The van der Waals surface area contributed by atoms with E-state index >= 15 is 0 Å². The lowest BCUT2D eigenvalue weighted by molar-refractivity contribution is -0.128. The third-order valence-corrected chi connectivity index (χ3v) is 7.53. The Balaban J connectivity index is 1.24. The molecule has 198 valence electrons. The molecule has 2 aliphatic heterocycles. The number of aromatic nitrogens is 1. The predicted octanol–water partition coefficient (Wildman–Crippen LogP) is 4.91. The van der Waals surface area contributed by atoms with Crippen LogP contribution in [0.4, 0.5) is 0 Å². The quantitative estimate of drug-likeness (QED) is 0.373. The molecule has 1 N–H and O–H groups in total. The molecule has 0 aliphatic carbocycles. The van der Waals surface area contributed by atoms with Crippen molar-refractivity contribution in [3.8, 4) is 11.5 Å². The van der Waals surface area contributed by atoms with E-state index in [2.05, 4.69) is 29.2 Å². The van der Waals surface area contributed by atoms with Crippen LogP contribution >= 0.6 is 0 Å². The molecule has 1 saturated heterocycles. The fraction of sp³-hybridized carbons (Fsp3) is 0.258. The Morgan fingerprint density at radius 1 is 1.08 bits per heavy atom. The molecule has 0 spiro atoms. The van der Waals surface area contributed by atoms with Crippen molar-refractivity contribution in [3.05, 3.63) is 99.7 Å². The third kappa shape index (κ3) is 4.74. The molecule has 8 heteroatoms. The summed E-state index contributed by atoms with van der Waals surface area (Å²) < 4.78 is 16.7. The van der Waals surface area contributed by atoms with Gasteiger partial charge in [0.25, 0.3) is 5.91 Å². The van der Waals surface area contributed by atoms with Gasteiger partial charge in [-0.25, -0.2) is 4.79 Å². The fourth-order valence-electron chi connectivity index (χ4n) is 5.46. The van der Waals surface area contributed by atoms with Crippen molar-refractivity contribution in [1.82, 2.24) is 9.88 Å². The van der Waals surface area contributed by atoms with Gasteiger partial charge in [0.1, 0.15) is 18.1 Å². The smallest absolute Gasteiger partial charge is 0.344 e. The van der Waals surface area contributed by atoms with E-state index in [1.165, 1.54) is 17.9 Å². The molecule has 4 heterocycles.